The van der Waals surface area contributed by atoms with E-state index < -0.39 is 11.9 Å². The van der Waals surface area contributed by atoms with Crippen molar-refractivity contribution < 1.29 is 18.7 Å². The smallest absolute Gasteiger partial charge is 0.260 e. The summed E-state index contributed by atoms with van der Waals surface area (Å²) in [6, 6.07) is 11.4. The van der Waals surface area contributed by atoms with E-state index in [1.54, 1.807) is 31.2 Å². The first-order chi connectivity index (χ1) is 17.3. The number of anilines is 2. The van der Waals surface area contributed by atoms with Gasteiger partial charge in [0.25, 0.3) is 11.8 Å². The van der Waals surface area contributed by atoms with Crippen LogP contribution in [0.2, 0.25) is 10.0 Å². The number of hydrogen-bond donors (Lipinski definition) is 1. The molecular formula is C25H26Cl2FN5O3. The van der Waals surface area contributed by atoms with Crippen LogP contribution in [-0.4, -0.2) is 60.2 Å². The first kappa shape index (κ1) is 26.1. The first-order valence-corrected chi connectivity index (χ1v) is 12.2. The molecule has 0 bridgehead atoms. The quantitative estimate of drug-likeness (QED) is 0.422. The molecule has 1 aromatic heterocycles. The van der Waals surface area contributed by atoms with Crippen molar-refractivity contribution in [2.75, 3.05) is 50.0 Å². The fourth-order valence-electron chi connectivity index (χ4n) is 3.89. The van der Waals surface area contributed by atoms with Crippen molar-refractivity contribution in [3.63, 3.8) is 0 Å². The summed E-state index contributed by atoms with van der Waals surface area (Å²) in [6.07, 6.45) is 0.540. The molecule has 1 amide bonds. The zero-order valence-electron chi connectivity index (χ0n) is 19.7. The zero-order valence-corrected chi connectivity index (χ0v) is 21.2. The average Bonchev–Trinajstić information content (AvgIpc) is 2.88. The average molecular weight is 534 g/mol. The minimum Gasteiger partial charge on any atom is -0.467 e. The molecule has 1 unspecified atom stereocenters. The third kappa shape index (κ3) is 6.04. The second kappa shape index (κ2) is 11.8. The first-order valence-electron chi connectivity index (χ1n) is 11.4. The second-order valence-electron chi connectivity index (χ2n) is 8.22. The lowest BCUT2D eigenvalue weighted by atomic mass is 10.1. The molecule has 1 aliphatic heterocycles. The molecule has 2 aromatic carbocycles. The molecule has 1 atom stereocenters. The van der Waals surface area contributed by atoms with Crippen LogP contribution in [0.15, 0.2) is 48.7 Å². The lowest BCUT2D eigenvalue weighted by Crippen LogP contribution is -2.43. The molecule has 4 rings (SSSR count). The maximum Gasteiger partial charge on any atom is 0.260 e. The van der Waals surface area contributed by atoms with E-state index in [4.69, 9.17) is 38.4 Å². The number of rotatable bonds is 8. The summed E-state index contributed by atoms with van der Waals surface area (Å²) < 4.78 is 25.6. The lowest BCUT2D eigenvalue weighted by molar-refractivity contribution is 0.0390. The molecule has 1 saturated heterocycles. The highest BCUT2D eigenvalue weighted by Crippen LogP contribution is 2.36. The summed E-state index contributed by atoms with van der Waals surface area (Å²) >= 11 is 12.5. The minimum atomic E-state index is -0.816. The van der Waals surface area contributed by atoms with Crippen molar-refractivity contribution in [3.8, 4) is 5.88 Å². The highest BCUT2D eigenvalue weighted by atomic mass is 35.5. The Balaban J connectivity index is 1.68. The third-order valence-corrected chi connectivity index (χ3v) is 6.49. The zero-order chi connectivity index (χ0) is 25.7. The van der Waals surface area contributed by atoms with Gasteiger partial charge in [0, 0.05) is 42.3 Å². The van der Waals surface area contributed by atoms with Crippen molar-refractivity contribution in [2.45, 2.75) is 13.0 Å². The number of amides is 1. The number of nitrogen functional groups attached to an aromatic ring is 1. The Bertz CT molecular complexity index is 1210. The fraction of sp³-hybridized carbons (Fsp3) is 0.320. The molecule has 11 heteroatoms. The molecule has 3 aromatic rings. The van der Waals surface area contributed by atoms with Crippen molar-refractivity contribution in [3.05, 3.63) is 75.7 Å². The maximum absolute atomic E-state index is 14.1. The monoisotopic (exact) mass is 533 g/mol. The van der Waals surface area contributed by atoms with E-state index in [1.165, 1.54) is 23.2 Å². The Morgan fingerprint density at radius 3 is 2.67 bits per heavy atom. The number of aromatic nitrogens is 2. The molecular weight excluding hydrogens is 508 g/mol. The molecule has 2 N–H and O–H groups in total. The molecule has 0 saturated carbocycles. The van der Waals surface area contributed by atoms with Crippen LogP contribution in [0, 0.1) is 5.82 Å². The summed E-state index contributed by atoms with van der Waals surface area (Å²) in [5, 5.41) is 0.0785. The molecule has 1 aliphatic rings. The molecule has 1 fully saturated rings. The molecule has 2 heterocycles. The minimum absolute atomic E-state index is 0.00477. The number of nitrogens with two attached hydrogens (primary N) is 1. The normalized spacial score (nSPS) is 14.9. The van der Waals surface area contributed by atoms with Gasteiger partial charge in [-0.1, -0.05) is 41.4 Å². The van der Waals surface area contributed by atoms with Crippen LogP contribution in [0.25, 0.3) is 0 Å². The van der Waals surface area contributed by atoms with E-state index in [9.17, 15) is 9.18 Å². The largest absolute Gasteiger partial charge is 0.467 e. The van der Waals surface area contributed by atoms with Crippen molar-refractivity contribution in [1.29, 1.82) is 0 Å². The van der Waals surface area contributed by atoms with Crippen LogP contribution in [0.4, 0.5) is 16.0 Å². The van der Waals surface area contributed by atoms with Crippen LogP contribution < -0.4 is 15.4 Å². The second-order valence-corrected chi connectivity index (χ2v) is 9.00. The lowest BCUT2D eigenvalue weighted by Gasteiger charge is -2.30. The fourth-order valence-corrected chi connectivity index (χ4v) is 4.57. The molecule has 8 nitrogen and oxygen atoms in total. The van der Waals surface area contributed by atoms with Gasteiger partial charge in [-0.15, -0.1) is 0 Å². The number of morpholine rings is 1. The van der Waals surface area contributed by atoms with Crippen LogP contribution in [0.3, 0.4) is 0 Å². The van der Waals surface area contributed by atoms with E-state index >= 15 is 0 Å². The Labute approximate surface area is 218 Å². The van der Waals surface area contributed by atoms with Gasteiger partial charge in [0.05, 0.1) is 24.4 Å². The van der Waals surface area contributed by atoms with E-state index in [0.717, 1.165) is 13.1 Å². The van der Waals surface area contributed by atoms with Gasteiger partial charge in [-0.25, -0.2) is 9.37 Å². The molecule has 190 valence electrons. The van der Waals surface area contributed by atoms with Crippen LogP contribution in [0.5, 0.6) is 5.88 Å². The number of benzene rings is 2. The number of hydrogen-bond acceptors (Lipinski definition) is 7. The number of nitrogens with zero attached hydrogens (tertiary/aromatic N) is 4. The number of halogens is 3. The Morgan fingerprint density at radius 2 is 1.94 bits per heavy atom. The Hall–Kier alpha value is -2.98. The predicted octanol–water partition coefficient (Wildman–Crippen LogP) is 4.62. The third-order valence-electron chi connectivity index (χ3n) is 5.78. The van der Waals surface area contributed by atoms with Crippen LogP contribution >= 0.6 is 23.2 Å². The van der Waals surface area contributed by atoms with Gasteiger partial charge in [-0.3, -0.25) is 14.6 Å². The highest BCUT2D eigenvalue weighted by molar-refractivity contribution is 6.36. The van der Waals surface area contributed by atoms with Gasteiger partial charge in [0.1, 0.15) is 17.7 Å². The number of carbonyl (C=O) groups excluding carboxylic acids is 1. The summed E-state index contributed by atoms with van der Waals surface area (Å²) in [7, 11) is 0. The van der Waals surface area contributed by atoms with E-state index in [0.29, 0.717) is 31.9 Å². The maximum atomic E-state index is 14.1. The van der Waals surface area contributed by atoms with Gasteiger partial charge in [0.2, 0.25) is 0 Å². The SMILES string of the molecule is CC(Oc1nc(N)cnc1N(CCN1CCOCC1)C(=O)c1ccccc1)c1c(Cl)ccc(F)c1Cl. The van der Waals surface area contributed by atoms with E-state index in [-0.39, 0.29) is 39.0 Å². The molecule has 0 radical (unpaired) electrons. The number of ether oxygens (including phenoxy) is 2. The summed E-state index contributed by atoms with van der Waals surface area (Å²) in [6.45, 7) is 5.35. The van der Waals surface area contributed by atoms with Crippen LogP contribution in [0.1, 0.15) is 28.9 Å². The topological polar surface area (TPSA) is 93.8 Å². The van der Waals surface area contributed by atoms with Gasteiger partial charge >= 0.3 is 0 Å². The summed E-state index contributed by atoms with van der Waals surface area (Å²) in [5.41, 5.74) is 6.65. The van der Waals surface area contributed by atoms with Gasteiger partial charge in [-0.2, -0.15) is 4.98 Å². The van der Waals surface area contributed by atoms with Crippen molar-refractivity contribution in [1.82, 2.24) is 14.9 Å². The molecule has 0 aliphatic carbocycles. The molecule has 0 spiro atoms. The van der Waals surface area contributed by atoms with Crippen molar-refractivity contribution >= 4 is 40.7 Å². The van der Waals surface area contributed by atoms with Gasteiger partial charge in [-0.05, 0) is 31.2 Å². The number of carbonyl (C=O) groups is 1. The Morgan fingerprint density at radius 1 is 1.22 bits per heavy atom. The van der Waals surface area contributed by atoms with Crippen molar-refractivity contribution in [2.24, 2.45) is 0 Å². The van der Waals surface area contributed by atoms with E-state index in [2.05, 4.69) is 14.9 Å². The summed E-state index contributed by atoms with van der Waals surface area (Å²) in [4.78, 5) is 26.0. The Kier molecular flexibility index (Phi) is 8.58. The predicted molar refractivity (Wildman–Crippen MR) is 137 cm³/mol. The van der Waals surface area contributed by atoms with Gasteiger partial charge < -0.3 is 15.2 Å². The van der Waals surface area contributed by atoms with Gasteiger partial charge in [0.15, 0.2) is 5.82 Å². The van der Waals surface area contributed by atoms with Crippen LogP contribution in [-0.2, 0) is 4.74 Å². The standard InChI is InChI=1S/C25H26Cl2FN5O3/c1-16(21-18(26)7-8-19(28)22(21)27)36-24-23(30-15-20(29)31-24)33(10-9-32-11-13-35-14-12-32)25(34)17-5-3-2-4-6-17/h2-8,15-16H,9-14H2,1H3,(H2,29,31). The molecule has 36 heavy (non-hydrogen) atoms. The highest BCUT2D eigenvalue weighted by Gasteiger charge is 2.27. The summed E-state index contributed by atoms with van der Waals surface area (Å²) in [5.74, 6) is -0.622. The van der Waals surface area contributed by atoms with E-state index in [1.807, 2.05) is 6.07 Å².